The van der Waals surface area contributed by atoms with Crippen LogP contribution in [0.2, 0.25) is 0 Å². The molecule has 0 bridgehead atoms. The molecule has 0 aliphatic carbocycles. The maximum absolute atomic E-state index is 4.59. The molecular formula is C17H10N4S. The van der Waals surface area contributed by atoms with Crippen molar-refractivity contribution in [3.63, 3.8) is 0 Å². The van der Waals surface area contributed by atoms with Gasteiger partial charge in [0.2, 0.25) is 0 Å². The minimum Gasteiger partial charge on any atom is -0.248 e. The van der Waals surface area contributed by atoms with Crippen LogP contribution >= 0.6 is 11.3 Å². The SMILES string of the molecule is C(#Cc1ccc(-c2ccn3nccc3n2)s1)c1ccccn1. The molecule has 0 unspecified atom stereocenters. The van der Waals surface area contributed by atoms with Gasteiger partial charge in [0.1, 0.15) is 5.69 Å². The molecule has 5 heteroatoms. The largest absolute Gasteiger partial charge is 0.248 e. The molecule has 0 spiro atoms. The monoisotopic (exact) mass is 302 g/mol. The summed E-state index contributed by atoms with van der Waals surface area (Å²) in [7, 11) is 0. The van der Waals surface area contributed by atoms with E-state index in [9.17, 15) is 0 Å². The van der Waals surface area contributed by atoms with Crippen molar-refractivity contribution in [1.82, 2.24) is 19.6 Å². The van der Waals surface area contributed by atoms with Crippen molar-refractivity contribution in [2.75, 3.05) is 0 Å². The Morgan fingerprint density at radius 3 is 2.86 bits per heavy atom. The minimum atomic E-state index is 0.774. The average Bonchev–Trinajstić information content (AvgIpc) is 3.22. The average molecular weight is 302 g/mol. The molecule has 22 heavy (non-hydrogen) atoms. The fourth-order valence-corrected chi connectivity index (χ4v) is 2.88. The Morgan fingerprint density at radius 1 is 0.955 bits per heavy atom. The van der Waals surface area contributed by atoms with Crippen LogP contribution in [0.4, 0.5) is 0 Å². The van der Waals surface area contributed by atoms with Gasteiger partial charge in [-0.2, -0.15) is 5.10 Å². The molecule has 0 saturated heterocycles. The Labute approximate surface area is 131 Å². The van der Waals surface area contributed by atoms with E-state index < -0.39 is 0 Å². The first-order chi connectivity index (χ1) is 10.9. The Bertz CT molecular complexity index is 989. The van der Waals surface area contributed by atoms with E-state index in [2.05, 4.69) is 26.9 Å². The van der Waals surface area contributed by atoms with Crippen molar-refractivity contribution in [2.24, 2.45) is 0 Å². The molecule has 0 aromatic carbocycles. The van der Waals surface area contributed by atoms with Gasteiger partial charge in [0.25, 0.3) is 0 Å². The van der Waals surface area contributed by atoms with E-state index >= 15 is 0 Å². The summed E-state index contributed by atoms with van der Waals surface area (Å²) in [5, 5.41) is 4.15. The van der Waals surface area contributed by atoms with Gasteiger partial charge in [0, 0.05) is 18.5 Å². The summed E-state index contributed by atoms with van der Waals surface area (Å²) >= 11 is 1.62. The molecule has 0 fully saturated rings. The highest BCUT2D eigenvalue weighted by Crippen LogP contribution is 2.26. The fourth-order valence-electron chi connectivity index (χ4n) is 2.05. The van der Waals surface area contributed by atoms with Crippen molar-refractivity contribution in [3.8, 4) is 22.4 Å². The molecule has 4 aromatic rings. The van der Waals surface area contributed by atoms with E-state index in [0.717, 1.165) is 26.8 Å². The zero-order valence-corrected chi connectivity index (χ0v) is 12.3. The zero-order chi connectivity index (χ0) is 14.8. The van der Waals surface area contributed by atoms with Crippen molar-refractivity contribution >= 4 is 17.0 Å². The van der Waals surface area contributed by atoms with Crippen LogP contribution in [0.1, 0.15) is 10.6 Å². The molecular weight excluding hydrogens is 292 g/mol. The number of rotatable bonds is 1. The zero-order valence-electron chi connectivity index (χ0n) is 11.5. The molecule has 0 radical (unpaired) electrons. The standard InChI is InChI=1S/C17H10N4S/c1-2-10-18-13(3-1)4-5-14-6-7-16(22-14)15-9-12-21-17(20-15)8-11-19-21/h1-3,6-12H. The van der Waals surface area contributed by atoms with Gasteiger partial charge in [-0.25, -0.2) is 14.5 Å². The maximum Gasteiger partial charge on any atom is 0.155 e. The molecule has 0 atom stereocenters. The van der Waals surface area contributed by atoms with Crippen LogP contribution in [0.3, 0.4) is 0 Å². The highest BCUT2D eigenvalue weighted by atomic mass is 32.1. The minimum absolute atomic E-state index is 0.774. The third kappa shape index (κ3) is 2.48. The predicted molar refractivity (Wildman–Crippen MR) is 86.5 cm³/mol. The lowest BCUT2D eigenvalue weighted by molar-refractivity contribution is 0.941. The number of hydrogen-bond donors (Lipinski definition) is 0. The summed E-state index contributed by atoms with van der Waals surface area (Å²) in [4.78, 5) is 10.9. The molecule has 0 saturated carbocycles. The summed E-state index contributed by atoms with van der Waals surface area (Å²) in [5.41, 5.74) is 2.55. The first-order valence-electron chi connectivity index (χ1n) is 6.72. The molecule has 0 aliphatic heterocycles. The van der Waals surface area contributed by atoms with Crippen LogP contribution < -0.4 is 0 Å². The molecule has 4 nitrogen and oxygen atoms in total. The van der Waals surface area contributed by atoms with Gasteiger partial charge >= 0.3 is 0 Å². The molecule has 4 aromatic heterocycles. The first-order valence-corrected chi connectivity index (χ1v) is 7.54. The van der Waals surface area contributed by atoms with E-state index in [1.54, 1.807) is 28.2 Å². The van der Waals surface area contributed by atoms with Gasteiger partial charge in [0.15, 0.2) is 5.65 Å². The van der Waals surface area contributed by atoms with E-state index in [0.29, 0.717) is 0 Å². The van der Waals surface area contributed by atoms with Gasteiger partial charge < -0.3 is 0 Å². The second-order valence-electron chi connectivity index (χ2n) is 4.58. The summed E-state index contributed by atoms with van der Waals surface area (Å²) in [6.07, 6.45) is 5.40. The summed E-state index contributed by atoms with van der Waals surface area (Å²) in [6, 6.07) is 13.6. The lowest BCUT2D eigenvalue weighted by Crippen LogP contribution is -1.89. The van der Waals surface area contributed by atoms with Gasteiger partial charge in [-0.1, -0.05) is 6.07 Å². The van der Waals surface area contributed by atoms with Crippen LogP contribution in [0, 0.1) is 11.8 Å². The van der Waals surface area contributed by atoms with Gasteiger partial charge in [-0.15, -0.1) is 11.3 Å². The summed E-state index contributed by atoms with van der Waals surface area (Å²) in [5.74, 6) is 6.21. The predicted octanol–water partition coefficient (Wildman–Crippen LogP) is 3.25. The number of pyridine rings is 1. The number of nitrogens with zero attached hydrogens (tertiary/aromatic N) is 4. The van der Waals surface area contributed by atoms with Crippen LogP contribution in [0.15, 0.2) is 61.1 Å². The maximum atomic E-state index is 4.59. The van der Waals surface area contributed by atoms with Crippen molar-refractivity contribution in [2.45, 2.75) is 0 Å². The highest BCUT2D eigenvalue weighted by Gasteiger charge is 2.04. The molecule has 4 rings (SSSR count). The first kappa shape index (κ1) is 12.7. The number of hydrogen-bond acceptors (Lipinski definition) is 4. The van der Waals surface area contributed by atoms with Gasteiger partial charge in [-0.3, -0.25) is 0 Å². The highest BCUT2D eigenvalue weighted by molar-refractivity contribution is 7.16. The third-order valence-electron chi connectivity index (χ3n) is 3.10. The molecule has 0 amide bonds. The van der Waals surface area contributed by atoms with Crippen LogP contribution in [0.5, 0.6) is 0 Å². The van der Waals surface area contributed by atoms with E-state index in [1.807, 2.05) is 48.7 Å². The van der Waals surface area contributed by atoms with E-state index in [1.165, 1.54) is 0 Å². The molecule has 4 heterocycles. The lowest BCUT2D eigenvalue weighted by Gasteiger charge is -1.97. The van der Waals surface area contributed by atoms with Crippen molar-refractivity contribution in [1.29, 1.82) is 0 Å². The van der Waals surface area contributed by atoms with Crippen LogP contribution in [0.25, 0.3) is 16.2 Å². The summed E-state index contributed by atoms with van der Waals surface area (Å²) in [6.45, 7) is 0. The normalized spacial score (nSPS) is 10.4. The topological polar surface area (TPSA) is 43.1 Å². The second-order valence-corrected chi connectivity index (χ2v) is 5.66. The molecule has 104 valence electrons. The van der Waals surface area contributed by atoms with Crippen LogP contribution in [-0.2, 0) is 0 Å². The smallest absolute Gasteiger partial charge is 0.155 e. The van der Waals surface area contributed by atoms with E-state index in [-0.39, 0.29) is 0 Å². The number of fused-ring (bicyclic) bond motifs is 1. The van der Waals surface area contributed by atoms with Crippen molar-refractivity contribution in [3.05, 3.63) is 71.6 Å². The molecule has 0 N–H and O–H groups in total. The molecule has 0 aliphatic rings. The third-order valence-corrected chi connectivity index (χ3v) is 4.12. The van der Waals surface area contributed by atoms with Crippen molar-refractivity contribution < 1.29 is 0 Å². The summed E-state index contributed by atoms with van der Waals surface area (Å²) < 4.78 is 1.75. The Morgan fingerprint density at radius 2 is 1.95 bits per heavy atom. The fraction of sp³-hybridized carbons (Fsp3) is 0. The quantitative estimate of drug-likeness (QED) is 0.507. The number of thiophene rings is 1. The number of aromatic nitrogens is 4. The lowest BCUT2D eigenvalue weighted by atomic mass is 10.3. The van der Waals surface area contributed by atoms with Gasteiger partial charge in [0.05, 0.1) is 21.6 Å². The Balaban J connectivity index is 1.65. The Kier molecular flexibility index (Phi) is 3.15. The van der Waals surface area contributed by atoms with E-state index in [4.69, 9.17) is 0 Å². The van der Waals surface area contributed by atoms with Gasteiger partial charge in [-0.05, 0) is 42.2 Å². The second kappa shape index (κ2) is 5.43. The Hall–Kier alpha value is -2.97. The van der Waals surface area contributed by atoms with Crippen LogP contribution in [-0.4, -0.2) is 19.6 Å².